The molecule has 1 fully saturated rings. The Hall–Kier alpha value is -2.57. The van der Waals surface area contributed by atoms with Crippen molar-refractivity contribution in [3.05, 3.63) is 30.1 Å². The molecule has 0 saturated carbocycles. The number of fused-ring (bicyclic) bond motifs is 3. The molecular weight excluding hydrogens is 330 g/mol. The number of nitrogen functional groups attached to an aromatic ring is 1. The molecule has 2 unspecified atom stereocenters. The first-order valence-corrected chi connectivity index (χ1v) is 9.14. The van der Waals surface area contributed by atoms with E-state index in [4.69, 9.17) is 15.5 Å². The van der Waals surface area contributed by atoms with Gasteiger partial charge in [-0.05, 0) is 52.0 Å². The summed E-state index contributed by atoms with van der Waals surface area (Å²) in [6.07, 6.45) is 7.45. The molecule has 138 valence electrons. The van der Waals surface area contributed by atoms with Crippen LogP contribution in [-0.2, 0) is 4.74 Å². The number of nitrogens with two attached hydrogens (primary N) is 1. The van der Waals surface area contributed by atoms with Gasteiger partial charge in [-0.3, -0.25) is 4.90 Å². The summed E-state index contributed by atoms with van der Waals surface area (Å²) in [5.74, 6) is 0.565. The number of amides is 1. The maximum absolute atomic E-state index is 12.7. The molecule has 2 aromatic rings. The number of anilines is 1. The van der Waals surface area contributed by atoms with Gasteiger partial charge in [0.05, 0.1) is 17.9 Å². The van der Waals surface area contributed by atoms with E-state index in [1.165, 1.54) is 0 Å². The van der Waals surface area contributed by atoms with Gasteiger partial charge in [-0.25, -0.2) is 9.78 Å². The molecule has 0 aromatic carbocycles. The summed E-state index contributed by atoms with van der Waals surface area (Å²) in [5, 5.41) is 4.17. The molecule has 0 radical (unpaired) electrons. The number of carbonyl (C=O) groups excluding carboxylic acids is 1. The van der Waals surface area contributed by atoms with Crippen LogP contribution in [-0.4, -0.2) is 43.3 Å². The fourth-order valence-electron chi connectivity index (χ4n) is 3.92. The summed E-state index contributed by atoms with van der Waals surface area (Å²) in [4.78, 5) is 19.3. The van der Waals surface area contributed by atoms with Crippen LogP contribution in [0.5, 0.6) is 0 Å². The Labute approximate surface area is 152 Å². The molecule has 2 N–H and O–H groups in total. The molecule has 2 aliphatic heterocycles. The second-order valence-corrected chi connectivity index (χ2v) is 8.10. The Bertz CT molecular complexity index is 880. The molecule has 0 aliphatic carbocycles. The molecule has 1 saturated heterocycles. The smallest absolute Gasteiger partial charge is 0.411 e. The number of hydrogen-bond donors (Lipinski definition) is 1. The molecule has 26 heavy (non-hydrogen) atoms. The summed E-state index contributed by atoms with van der Waals surface area (Å²) in [6, 6.07) is 3.91. The highest BCUT2D eigenvalue weighted by atomic mass is 16.6. The summed E-state index contributed by atoms with van der Waals surface area (Å²) < 4.78 is 7.26. The molecular formula is C19H25N5O2. The Kier molecular flexibility index (Phi) is 3.89. The SMILES string of the molecule is CC(C)(C)OC(=O)N1C2C=C(c3cc(N)n4nccc4n3)CC1CCC2. The molecule has 2 aliphatic rings. The highest BCUT2D eigenvalue weighted by Gasteiger charge is 2.39. The van der Waals surface area contributed by atoms with Crippen LogP contribution in [0.1, 0.15) is 52.1 Å². The van der Waals surface area contributed by atoms with Gasteiger partial charge >= 0.3 is 6.09 Å². The number of carbonyl (C=O) groups is 1. The first kappa shape index (κ1) is 16.9. The van der Waals surface area contributed by atoms with Gasteiger partial charge < -0.3 is 10.5 Å². The van der Waals surface area contributed by atoms with Crippen LogP contribution in [0, 0.1) is 0 Å². The van der Waals surface area contributed by atoms with Gasteiger partial charge in [0.15, 0.2) is 5.65 Å². The van der Waals surface area contributed by atoms with E-state index in [9.17, 15) is 4.79 Å². The van der Waals surface area contributed by atoms with E-state index in [1.54, 1.807) is 10.7 Å². The quantitative estimate of drug-likeness (QED) is 0.848. The molecule has 4 rings (SSSR count). The van der Waals surface area contributed by atoms with E-state index in [0.717, 1.165) is 42.6 Å². The van der Waals surface area contributed by atoms with Crippen molar-refractivity contribution >= 4 is 23.1 Å². The van der Waals surface area contributed by atoms with Crippen molar-refractivity contribution in [3.63, 3.8) is 0 Å². The molecule has 4 heterocycles. The van der Waals surface area contributed by atoms with Crippen molar-refractivity contribution in [1.82, 2.24) is 19.5 Å². The largest absolute Gasteiger partial charge is 0.444 e. The zero-order valence-corrected chi connectivity index (χ0v) is 15.5. The number of nitrogens with zero attached hydrogens (tertiary/aromatic N) is 4. The molecule has 2 bridgehead atoms. The zero-order chi connectivity index (χ0) is 18.5. The summed E-state index contributed by atoms with van der Waals surface area (Å²) >= 11 is 0. The van der Waals surface area contributed by atoms with Crippen molar-refractivity contribution < 1.29 is 9.53 Å². The van der Waals surface area contributed by atoms with Crippen LogP contribution in [0.15, 0.2) is 24.4 Å². The average Bonchev–Trinajstić information content (AvgIpc) is 3.01. The third-order valence-corrected chi connectivity index (χ3v) is 4.96. The lowest BCUT2D eigenvalue weighted by atomic mass is 9.84. The second kappa shape index (κ2) is 6.00. The fourth-order valence-corrected chi connectivity index (χ4v) is 3.92. The lowest BCUT2D eigenvalue weighted by Gasteiger charge is -2.45. The third kappa shape index (κ3) is 3.02. The highest BCUT2D eigenvalue weighted by molar-refractivity contribution is 5.75. The van der Waals surface area contributed by atoms with Gasteiger partial charge in [0.1, 0.15) is 11.4 Å². The number of aromatic nitrogens is 3. The standard InChI is InChI=1S/C19H25N5O2/c1-19(2,3)26-18(25)23-13-5-4-6-14(23)10-12(9-13)15-11-16(20)24-17(22-15)7-8-21-24/h7-9,11,13-14H,4-6,10,20H2,1-3H3. The maximum Gasteiger partial charge on any atom is 0.411 e. The van der Waals surface area contributed by atoms with Crippen molar-refractivity contribution in [1.29, 1.82) is 0 Å². The van der Waals surface area contributed by atoms with E-state index in [0.29, 0.717) is 5.82 Å². The number of ether oxygens (including phenoxy) is 1. The van der Waals surface area contributed by atoms with Crippen LogP contribution < -0.4 is 5.73 Å². The number of rotatable bonds is 1. The summed E-state index contributed by atoms with van der Waals surface area (Å²) in [7, 11) is 0. The van der Waals surface area contributed by atoms with E-state index in [2.05, 4.69) is 11.2 Å². The molecule has 7 heteroatoms. The topological polar surface area (TPSA) is 85.8 Å². The van der Waals surface area contributed by atoms with Crippen LogP contribution in [0.3, 0.4) is 0 Å². The summed E-state index contributed by atoms with van der Waals surface area (Å²) in [6.45, 7) is 5.71. The molecule has 2 aromatic heterocycles. The first-order valence-electron chi connectivity index (χ1n) is 9.14. The monoisotopic (exact) mass is 355 g/mol. The summed E-state index contributed by atoms with van der Waals surface area (Å²) in [5.41, 5.74) is 8.39. The van der Waals surface area contributed by atoms with Crippen LogP contribution >= 0.6 is 0 Å². The number of hydrogen-bond acceptors (Lipinski definition) is 5. The lowest BCUT2D eigenvalue weighted by molar-refractivity contribution is 0.0000657. The van der Waals surface area contributed by atoms with Crippen molar-refractivity contribution in [2.24, 2.45) is 0 Å². The minimum atomic E-state index is -0.488. The fraction of sp³-hybridized carbons (Fsp3) is 0.526. The van der Waals surface area contributed by atoms with Gasteiger partial charge in [-0.15, -0.1) is 0 Å². The van der Waals surface area contributed by atoms with E-state index in [1.807, 2.05) is 37.8 Å². The third-order valence-electron chi connectivity index (χ3n) is 4.96. The normalized spacial score (nSPS) is 23.0. The van der Waals surface area contributed by atoms with Gasteiger partial charge in [0.2, 0.25) is 0 Å². The van der Waals surface area contributed by atoms with E-state index < -0.39 is 5.60 Å². The minimum Gasteiger partial charge on any atom is -0.444 e. The predicted octanol–water partition coefficient (Wildman–Crippen LogP) is 3.26. The van der Waals surface area contributed by atoms with E-state index in [-0.39, 0.29) is 18.2 Å². The van der Waals surface area contributed by atoms with Gasteiger partial charge in [-0.2, -0.15) is 9.61 Å². The van der Waals surface area contributed by atoms with Crippen molar-refractivity contribution in [2.75, 3.05) is 5.73 Å². The van der Waals surface area contributed by atoms with Crippen LogP contribution in [0.4, 0.5) is 10.6 Å². The zero-order valence-electron chi connectivity index (χ0n) is 15.5. The average molecular weight is 355 g/mol. The molecule has 0 spiro atoms. The molecule has 7 nitrogen and oxygen atoms in total. The van der Waals surface area contributed by atoms with Crippen LogP contribution in [0.25, 0.3) is 11.2 Å². The Morgan fingerprint density at radius 2 is 2.15 bits per heavy atom. The molecule has 2 atom stereocenters. The molecule has 1 amide bonds. The van der Waals surface area contributed by atoms with Gasteiger partial charge in [0, 0.05) is 18.2 Å². The van der Waals surface area contributed by atoms with Crippen molar-refractivity contribution in [2.45, 2.75) is 64.1 Å². The predicted molar refractivity (Wildman–Crippen MR) is 99.5 cm³/mol. The number of piperidine rings is 1. The second-order valence-electron chi connectivity index (χ2n) is 8.10. The minimum absolute atomic E-state index is 0.0523. The lowest BCUT2D eigenvalue weighted by Crippen LogP contribution is -2.53. The Morgan fingerprint density at radius 3 is 2.88 bits per heavy atom. The van der Waals surface area contributed by atoms with Crippen LogP contribution in [0.2, 0.25) is 0 Å². The van der Waals surface area contributed by atoms with Gasteiger partial charge in [-0.1, -0.05) is 6.08 Å². The first-order chi connectivity index (χ1) is 12.3. The van der Waals surface area contributed by atoms with Crippen molar-refractivity contribution in [3.8, 4) is 0 Å². The maximum atomic E-state index is 12.7. The Balaban J connectivity index is 1.66. The Morgan fingerprint density at radius 1 is 1.35 bits per heavy atom. The highest BCUT2D eigenvalue weighted by Crippen LogP contribution is 2.37. The van der Waals surface area contributed by atoms with Gasteiger partial charge in [0.25, 0.3) is 0 Å². The van der Waals surface area contributed by atoms with E-state index >= 15 is 0 Å².